The summed E-state index contributed by atoms with van der Waals surface area (Å²) in [7, 11) is 1.72. The van der Waals surface area contributed by atoms with E-state index in [0.717, 1.165) is 41.1 Å². The first-order valence-corrected chi connectivity index (χ1v) is 11.9. The van der Waals surface area contributed by atoms with Crippen molar-refractivity contribution in [2.24, 2.45) is 7.05 Å². The predicted octanol–water partition coefficient (Wildman–Crippen LogP) is 4.63. The molecule has 1 saturated heterocycles. The number of hydrogen-bond acceptors (Lipinski definition) is 5. The van der Waals surface area contributed by atoms with Crippen LogP contribution in [0.5, 0.6) is 5.75 Å². The van der Waals surface area contributed by atoms with Gasteiger partial charge in [-0.2, -0.15) is 0 Å². The van der Waals surface area contributed by atoms with Gasteiger partial charge in [0, 0.05) is 44.4 Å². The lowest BCUT2D eigenvalue weighted by Gasteiger charge is -2.28. The Morgan fingerprint density at radius 2 is 1.94 bits per heavy atom. The molecule has 35 heavy (non-hydrogen) atoms. The summed E-state index contributed by atoms with van der Waals surface area (Å²) >= 11 is 6.56. The molecular formula is C26H26ClFN4O3. The number of fused-ring (bicyclic) bond motifs is 1. The number of para-hydroxylation sites is 1. The van der Waals surface area contributed by atoms with Gasteiger partial charge in [0.05, 0.1) is 35.7 Å². The van der Waals surface area contributed by atoms with Crippen LogP contribution in [0.1, 0.15) is 12.5 Å². The van der Waals surface area contributed by atoms with E-state index in [-0.39, 0.29) is 5.56 Å². The lowest BCUT2D eigenvalue weighted by molar-refractivity contribution is 0.0847. The zero-order valence-corrected chi connectivity index (χ0v) is 20.3. The third-order valence-corrected chi connectivity index (χ3v) is 6.53. The quantitative estimate of drug-likeness (QED) is 0.389. The average molecular weight is 497 g/mol. The molecule has 1 fully saturated rings. The van der Waals surface area contributed by atoms with Gasteiger partial charge in [0.25, 0.3) is 5.56 Å². The molecule has 5 rings (SSSR count). The van der Waals surface area contributed by atoms with Gasteiger partial charge in [0.1, 0.15) is 11.6 Å². The zero-order chi connectivity index (χ0) is 24.5. The van der Waals surface area contributed by atoms with Crippen LogP contribution in [0.4, 0.5) is 10.2 Å². The van der Waals surface area contributed by atoms with Crippen molar-refractivity contribution < 1.29 is 13.9 Å². The summed E-state index contributed by atoms with van der Waals surface area (Å²) in [5.41, 5.74) is 3.12. The minimum absolute atomic E-state index is 0.112. The maximum absolute atomic E-state index is 13.6. The van der Waals surface area contributed by atoms with Gasteiger partial charge in [-0.15, -0.1) is 0 Å². The van der Waals surface area contributed by atoms with E-state index in [1.807, 2.05) is 41.1 Å². The van der Waals surface area contributed by atoms with Crippen LogP contribution in [0.15, 0.2) is 59.5 Å². The molecule has 0 amide bonds. The second kappa shape index (κ2) is 9.71. The summed E-state index contributed by atoms with van der Waals surface area (Å²) < 4.78 is 27.8. The molecule has 2 aromatic heterocycles. The van der Waals surface area contributed by atoms with Crippen LogP contribution in [-0.2, 0) is 18.3 Å². The number of ether oxygens (including phenoxy) is 2. The molecule has 9 heteroatoms. The van der Waals surface area contributed by atoms with Crippen molar-refractivity contribution in [3.8, 4) is 16.9 Å². The summed E-state index contributed by atoms with van der Waals surface area (Å²) in [5, 5.41) is 1.12. The zero-order valence-electron chi connectivity index (χ0n) is 19.6. The predicted molar refractivity (Wildman–Crippen MR) is 135 cm³/mol. The highest BCUT2D eigenvalue weighted by Gasteiger charge is 2.18. The number of alkyl halides is 1. The molecule has 7 nitrogen and oxygen atoms in total. The Morgan fingerprint density at radius 3 is 2.71 bits per heavy atom. The number of benzene rings is 2. The van der Waals surface area contributed by atoms with E-state index in [1.165, 1.54) is 6.92 Å². The molecule has 0 N–H and O–H groups in total. The normalized spacial score (nSPS) is 14.9. The van der Waals surface area contributed by atoms with Gasteiger partial charge in [-0.1, -0.05) is 35.9 Å². The van der Waals surface area contributed by atoms with Crippen molar-refractivity contribution >= 4 is 28.3 Å². The SMILES string of the molecule is CC(F)Oc1ccccc1Cn1c2cc(-c3cc(N4CCOCC4)ncc3Cl)ccc2c(=O)n1C. The first-order valence-electron chi connectivity index (χ1n) is 11.5. The molecule has 3 heterocycles. The Morgan fingerprint density at radius 1 is 1.17 bits per heavy atom. The van der Waals surface area contributed by atoms with Crippen molar-refractivity contribution in [2.75, 3.05) is 31.2 Å². The third kappa shape index (κ3) is 4.63. The van der Waals surface area contributed by atoms with Crippen molar-refractivity contribution in [2.45, 2.75) is 19.8 Å². The standard InChI is InChI=1S/C26H26ClFN4O3/c1-17(28)35-24-6-4-3-5-19(24)16-32-23-13-18(7-8-20(23)26(33)30(32)2)21-14-25(29-15-22(21)27)31-9-11-34-12-10-31/h3-8,13-15,17H,9-12,16H2,1-2H3. The smallest absolute Gasteiger partial charge is 0.274 e. The van der Waals surface area contributed by atoms with Crippen molar-refractivity contribution in [3.05, 3.63) is 75.7 Å². The number of nitrogens with zero attached hydrogens (tertiary/aromatic N) is 4. The van der Waals surface area contributed by atoms with Crippen LogP contribution in [0.25, 0.3) is 22.0 Å². The fraction of sp³-hybridized carbons (Fsp3) is 0.308. The summed E-state index contributed by atoms with van der Waals surface area (Å²) in [6, 6.07) is 14.9. The Labute approximate surface area is 207 Å². The number of pyridine rings is 1. The van der Waals surface area contributed by atoms with Gasteiger partial charge < -0.3 is 14.4 Å². The summed E-state index contributed by atoms with van der Waals surface area (Å²) in [5.74, 6) is 1.28. The first-order chi connectivity index (χ1) is 16.9. The Hall–Kier alpha value is -3.36. The maximum atomic E-state index is 13.6. The van der Waals surface area contributed by atoms with E-state index < -0.39 is 6.36 Å². The van der Waals surface area contributed by atoms with Gasteiger partial charge in [0.15, 0.2) is 0 Å². The number of rotatable bonds is 6. The molecule has 0 spiro atoms. The molecule has 2 aromatic carbocycles. The minimum atomic E-state index is -1.44. The van der Waals surface area contributed by atoms with Crippen LogP contribution in [-0.4, -0.2) is 47.0 Å². The molecular weight excluding hydrogens is 471 g/mol. The highest BCUT2D eigenvalue weighted by molar-refractivity contribution is 6.33. The average Bonchev–Trinajstić information content (AvgIpc) is 3.10. The van der Waals surface area contributed by atoms with Crippen molar-refractivity contribution in [1.82, 2.24) is 14.3 Å². The molecule has 1 aliphatic rings. The van der Waals surface area contributed by atoms with E-state index in [1.54, 1.807) is 30.1 Å². The summed E-state index contributed by atoms with van der Waals surface area (Å²) in [6.07, 6.45) is 0.220. The molecule has 1 unspecified atom stereocenters. The number of morpholine rings is 1. The second-order valence-electron chi connectivity index (χ2n) is 8.51. The van der Waals surface area contributed by atoms with Crippen molar-refractivity contribution in [3.63, 3.8) is 0 Å². The number of halogens is 2. The molecule has 182 valence electrons. The van der Waals surface area contributed by atoms with Gasteiger partial charge in [-0.25, -0.2) is 9.37 Å². The Bertz CT molecular complexity index is 1430. The minimum Gasteiger partial charge on any atom is -0.460 e. The van der Waals surface area contributed by atoms with E-state index in [4.69, 9.17) is 21.1 Å². The lowest BCUT2D eigenvalue weighted by Crippen LogP contribution is -2.36. The van der Waals surface area contributed by atoms with Crippen LogP contribution in [0, 0.1) is 0 Å². The van der Waals surface area contributed by atoms with Crippen LogP contribution < -0.4 is 15.2 Å². The lowest BCUT2D eigenvalue weighted by atomic mass is 10.0. The van der Waals surface area contributed by atoms with Gasteiger partial charge in [0.2, 0.25) is 6.36 Å². The van der Waals surface area contributed by atoms with Gasteiger partial charge in [-0.05, 0) is 29.8 Å². The van der Waals surface area contributed by atoms with Gasteiger partial charge >= 0.3 is 0 Å². The highest BCUT2D eigenvalue weighted by Crippen LogP contribution is 2.33. The number of anilines is 1. The Balaban J connectivity index is 1.58. The van der Waals surface area contributed by atoms with E-state index in [9.17, 15) is 9.18 Å². The van der Waals surface area contributed by atoms with Crippen molar-refractivity contribution in [1.29, 1.82) is 0 Å². The molecule has 1 atom stereocenters. The van der Waals surface area contributed by atoms with Gasteiger partial charge in [-0.3, -0.25) is 14.2 Å². The topological polar surface area (TPSA) is 61.5 Å². The molecule has 0 radical (unpaired) electrons. The Kier molecular flexibility index (Phi) is 6.49. The molecule has 4 aromatic rings. The van der Waals surface area contributed by atoms with E-state index >= 15 is 0 Å². The monoisotopic (exact) mass is 496 g/mol. The number of hydrogen-bond donors (Lipinski definition) is 0. The summed E-state index contributed by atoms with van der Waals surface area (Å²) in [4.78, 5) is 19.7. The molecule has 0 saturated carbocycles. The van der Waals surface area contributed by atoms with Crippen LogP contribution in [0.2, 0.25) is 5.02 Å². The first kappa shape index (κ1) is 23.4. The van der Waals surface area contributed by atoms with Crippen LogP contribution in [0.3, 0.4) is 0 Å². The maximum Gasteiger partial charge on any atom is 0.274 e. The molecule has 0 bridgehead atoms. The fourth-order valence-corrected chi connectivity index (χ4v) is 4.64. The largest absolute Gasteiger partial charge is 0.460 e. The van der Waals surface area contributed by atoms with E-state index in [2.05, 4.69) is 9.88 Å². The van der Waals surface area contributed by atoms with Crippen LogP contribution >= 0.6 is 11.6 Å². The third-order valence-electron chi connectivity index (χ3n) is 6.23. The highest BCUT2D eigenvalue weighted by atomic mass is 35.5. The number of aromatic nitrogens is 3. The summed E-state index contributed by atoms with van der Waals surface area (Å²) in [6.45, 7) is 4.54. The molecule has 0 aliphatic carbocycles. The fourth-order valence-electron chi connectivity index (χ4n) is 4.43. The second-order valence-corrected chi connectivity index (χ2v) is 8.92. The molecule has 1 aliphatic heterocycles. The van der Waals surface area contributed by atoms with E-state index in [0.29, 0.717) is 35.9 Å².